The van der Waals surface area contributed by atoms with Gasteiger partial charge in [0, 0.05) is 31.2 Å². The van der Waals surface area contributed by atoms with Gasteiger partial charge >= 0.3 is 5.69 Å². The predicted octanol–water partition coefficient (Wildman–Crippen LogP) is 0.751. The molecule has 1 spiro atoms. The van der Waals surface area contributed by atoms with Gasteiger partial charge in [0.15, 0.2) is 0 Å². The molecule has 0 radical (unpaired) electrons. The van der Waals surface area contributed by atoms with Crippen LogP contribution >= 0.6 is 0 Å². The molecule has 2 aromatic rings. The fourth-order valence-corrected chi connectivity index (χ4v) is 4.42. The van der Waals surface area contributed by atoms with Crippen molar-refractivity contribution in [1.29, 1.82) is 0 Å². The van der Waals surface area contributed by atoms with Crippen LogP contribution in [0.3, 0.4) is 0 Å². The number of anilines is 1. The van der Waals surface area contributed by atoms with E-state index in [0.29, 0.717) is 16.7 Å². The van der Waals surface area contributed by atoms with Crippen LogP contribution in [0.4, 0.5) is 5.69 Å². The number of piperidine rings is 1. The van der Waals surface area contributed by atoms with E-state index in [4.69, 9.17) is 0 Å². The Bertz CT molecular complexity index is 936. The third-order valence-corrected chi connectivity index (χ3v) is 5.68. The number of aromatic amines is 2. The maximum absolute atomic E-state index is 12.1. The zero-order valence-electron chi connectivity index (χ0n) is 15.2. The Labute approximate surface area is 151 Å². The lowest BCUT2D eigenvalue weighted by Gasteiger charge is -2.38. The number of hydrogen-bond acceptors (Lipinski definition) is 6. The highest BCUT2D eigenvalue weighted by Crippen LogP contribution is 2.41. The van der Waals surface area contributed by atoms with Gasteiger partial charge in [-0.2, -0.15) is 5.10 Å². The van der Waals surface area contributed by atoms with Crippen molar-refractivity contribution in [2.75, 3.05) is 38.1 Å². The summed E-state index contributed by atoms with van der Waals surface area (Å²) in [5.41, 5.74) is 2.04. The van der Waals surface area contributed by atoms with Crippen LogP contribution in [-0.4, -0.2) is 58.3 Å². The molecule has 2 aliphatic rings. The van der Waals surface area contributed by atoms with Crippen molar-refractivity contribution in [2.45, 2.75) is 26.2 Å². The van der Waals surface area contributed by atoms with Crippen LogP contribution in [0.25, 0.3) is 11.3 Å². The minimum atomic E-state index is -0.526. The Morgan fingerprint density at radius 1 is 1.15 bits per heavy atom. The van der Waals surface area contributed by atoms with Gasteiger partial charge < -0.3 is 14.8 Å². The Balaban J connectivity index is 1.65. The molecule has 2 aliphatic heterocycles. The number of H-pyrrole nitrogens is 2. The van der Waals surface area contributed by atoms with E-state index in [1.54, 1.807) is 0 Å². The topological polar surface area (TPSA) is 98.0 Å². The maximum atomic E-state index is 12.1. The normalized spacial score (nSPS) is 23.7. The zero-order valence-corrected chi connectivity index (χ0v) is 15.2. The van der Waals surface area contributed by atoms with Crippen molar-refractivity contribution in [2.24, 2.45) is 5.41 Å². The molecule has 0 aromatic carbocycles. The molecule has 0 amide bonds. The first-order valence-electron chi connectivity index (χ1n) is 9.06. The van der Waals surface area contributed by atoms with Crippen molar-refractivity contribution in [1.82, 2.24) is 25.1 Å². The molecule has 1 atom stereocenters. The second-order valence-corrected chi connectivity index (χ2v) is 7.70. The molecule has 0 bridgehead atoms. The summed E-state index contributed by atoms with van der Waals surface area (Å²) in [5, 5.41) is 8.43. The number of aromatic nitrogens is 4. The van der Waals surface area contributed by atoms with Crippen molar-refractivity contribution < 1.29 is 0 Å². The number of rotatable bonds is 2. The predicted molar refractivity (Wildman–Crippen MR) is 99.4 cm³/mol. The van der Waals surface area contributed by atoms with E-state index in [2.05, 4.69) is 37.0 Å². The number of hydrogen-bond donors (Lipinski definition) is 2. The smallest absolute Gasteiger partial charge is 0.325 e. The standard InChI is InChI=1S/C18H24N6O2/c1-12-15(24-7-5-18(11-24)4-3-6-23(2)10-18)8-14(22-21-12)13-9-19-17(26)20-16(13)25/h8-9H,3-7,10-11H2,1-2H3,(H2,19,20,25,26). The van der Waals surface area contributed by atoms with E-state index in [9.17, 15) is 9.59 Å². The van der Waals surface area contributed by atoms with Gasteiger partial charge in [-0.3, -0.25) is 9.78 Å². The first-order chi connectivity index (χ1) is 12.5. The summed E-state index contributed by atoms with van der Waals surface area (Å²) in [5.74, 6) is 0. The van der Waals surface area contributed by atoms with Crippen LogP contribution in [0.2, 0.25) is 0 Å². The van der Waals surface area contributed by atoms with Crippen molar-refractivity contribution in [3.8, 4) is 11.3 Å². The molecule has 138 valence electrons. The molecule has 0 saturated carbocycles. The molecule has 1 unspecified atom stereocenters. The van der Waals surface area contributed by atoms with Gasteiger partial charge in [-0.25, -0.2) is 4.79 Å². The molecule has 4 rings (SSSR count). The van der Waals surface area contributed by atoms with E-state index >= 15 is 0 Å². The van der Waals surface area contributed by atoms with Crippen molar-refractivity contribution in [3.63, 3.8) is 0 Å². The van der Waals surface area contributed by atoms with Crippen LogP contribution in [0, 0.1) is 12.3 Å². The highest BCUT2D eigenvalue weighted by atomic mass is 16.2. The Kier molecular flexibility index (Phi) is 4.14. The third-order valence-electron chi connectivity index (χ3n) is 5.68. The lowest BCUT2D eigenvalue weighted by molar-refractivity contribution is 0.128. The summed E-state index contributed by atoms with van der Waals surface area (Å²) in [6.45, 7) is 6.25. The maximum Gasteiger partial charge on any atom is 0.325 e. The van der Waals surface area contributed by atoms with Crippen molar-refractivity contribution >= 4 is 5.69 Å². The first-order valence-corrected chi connectivity index (χ1v) is 9.06. The largest absolute Gasteiger partial charge is 0.369 e. The van der Waals surface area contributed by atoms with Crippen LogP contribution in [0.1, 0.15) is 25.0 Å². The average molecular weight is 356 g/mol. The minimum absolute atomic E-state index is 0.324. The van der Waals surface area contributed by atoms with Gasteiger partial charge in [0.05, 0.1) is 16.9 Å². The summed E-state index contributed by atoms with van der Waals surface area (Å²) in [6, 6.07) is 1.91. The number of aryl methyl sites for hydroxylation is 1. The van der Waals surface area contributed by atoms with E-state index < -0.39 is 11.2 Å². The fraction of sp³-hybridized carbons (Fsp3) is 0.556. The molecular weight excluding hydrogens is 332 g/mol. The van der Waals surface area contributed by atoms with Crippen LogP contribution < -0.4 is 16.1 Å². The molecule has 2 aromatic heterocycles. The third kappa shape index (κ3) is 3.05. The van der Waals surface area contributed by atoms with Gasteiger partial charge in [-0.05, 0) is 45.8 Å². The van der Waals surface area contributed by atoms with Gasteiger partial charge in [-0.1, -0.05) is 0 Å². The Morgan fingerprint density at radius 3 is 2.77 bits per heavy atom. The van der Waals surface area contributed by atoms with E-state index in [1.807, 2.05) is 13.0 Å². The molecule has 4 heterocycles. The molecular formula is C18H24N6O2. The zero-order chi connectivity index (χ0) is 18.3. The monoisotopic (exact) mass is 356 g/mol. The SMILES string of the molecule is Cc1nnc(-c2c[nH]c(=O)[nH]c2=O)cc1N1CCC2(CCCN(C)C2)C1. The highest BCUT2D eigenvalue weighted by molar-refractivity contribution is 5.64. The molecule has 8 heteroatoms. The summed E-state index contributed by atoms with van der Waals surface area (Å²) < 4.78 is 0. The number of nitrogens with zero attached hydrogens (tertiary/aromatic N) is 4. The molecule has 26 heavy (non-hydrogen) atoms. The van der Waals surface area contributed by atoms with Gasteiger partial charge in [-0.15, -0.1) is 5.10 Å². The lowest BCUT2D eigenvalue weighted by atomic mass is 9.79. The summed E-state index contributed by atoms with van der Waals surface area (Å²) in [6.07, 6.45) is 5.08. The first kappa shape index (κ1) is 17.0. The summed E-state index contributed by atoms with van der Waals surface area (Å²) >= 11 is 0. The van der Waals surface area contributed by atoms with E-state index in [-0.39, 0.29) is 0 Å². The van der Waals surface area contributed by atoms with Crippen LogP contribution in [0.5, 0.6) is 0 Å². The number of nitrogens with one attached hydrogen (secondary N) is 2. The van der Waals surface area contributed by atoms with Gasteiger partial charge in [0.2, 0.25) is 0 Å². The fourth-order valence-electron chi connectivity index (χ4n) is 4.42. The quantitative estimate of drug-likeness (QED) is 0.824. The van der Waals surface area contributed by atoms with Gasteiger partial charge in [0.25, 0.3) is 5.56 Å². The van der Waals surface area contributed by atoms with Crippen LogP contribution in [0.15, 0.2) is 21.9 Å². The number of likely N-dealkylation sites (tertiary alicyclic amines) is 1. The molecule has 2 fully saturated rings. The van der Waals surface area contributed by atoms with E-state index in [1.165, 1.54) is 32.0 Å². The van der Waals surface area contributed by atoms with E-state index in [0.717, 1.165) is 31.0 Å². The molecule has 8 nitrogen and oxygen atoms in total. The Hall–Kier alpha value is -2.48. The van der Waals surface area contributed by atoms with Gasteiger partial charge in [0.1, 0.15) is 5.69 Å². The Morgan fingerprint density at radius 2 is 2.00 bits per heavy atom. The van der Waals surface area contributed by atoms with Crippen LogP contribution in [-0.2, 0) is 0 Å². The molecule has 2 saturated heterocycles. The minimum Gasteiger partial charge on any atom is -0.369 e. The molecule has 2 N–H and O–H groups in total. The summed E-state index contributed by atoms with van der Waals surface area (Å²) in [4.78, 5) is 32.8. The second-order valence-electron chi connectivity index (χ2n) is 7.70. The molecule has 0 aliphatic carbocycles. The lowest BCUT2D eigenvalue weighted by Crippen LogP contribution is -2.43. The second kappa shape index (κ2) is 6.35. The summed E-state index contributed by atoms with van der Waals surface area (Å²) in [7, 11) is 2.20. The van der Waals surface area contributed by atoms with Crippen molar-refractivity contribution in [3.05, 3.63) is 38.8 Å². The highest BCUT2D eigenvalue weighted by Gasteiger charge is 2.41. The average Bonchev–Trinajstić information content (AvgIpc) is 2.98.